The minimum Gasteiger partial charge on any atom is -0.439 e. The van der Waals surface area contributed by atoms with Gasteiger partial charge in [0.05, 0.1) is 0 Å². The normalized spacial score (nSPS) is 10.3. The molecule has 0 saturated carbocycles. The van der Waals surface area contributed by atoms with Gasteiger partial charge in [0, 0.05) is 23.9 Å². The first-order valence-electron chi connectivity index (χ1n) is 6.29. The number of ether oxygens (including phenoxy) is 1. The van der Waals surface area contributed by atoms with E-state index in [4.69, 9.17) is 21.0 Å². The third-order valence-electron chi connectivity index (χ3n) is 2.79. The summed E-state index contributed by atoms with van der Waals surface area (Å²) >= 11 is 0. The van der Waals surface area contributed by atoms with Crippen LogP contribution in [0, 0.1) is 12.3 Å². The number of aliphatic hydroxyl groups excluding tert-OH is 1. The second kappa shape index (κ2) is 6.16. The molecule has 0 atom stereocenters. The van der Waals surface area contributed by atoms with Crippen LogP contribution in [-0.4, -0.2) is 22.5 Å². The SMILES string of the molecule is Cc1cc(C(=N)N)cc(Oc2ccc(CCO)cc2)n1. The van der Waals surface area contributed by atoms with E-state index < -0.39 is 0 Å². The summed E-state index contributed by atoms with van der Waals surface area (Å²) in [7, 11) is 0. The maximum Gasteiger partial charge on any atom is 0.220 e. The van der Waals surface area contributed by atoms with Crippen LogP contribution in [0.1, 0.15) is 16.8 Å². The molecule has 0 radical (unpaired) electrons. The standard InChI is InChI=1S/C15H17N3O2/c1-10-8-12(15(16)17)9-14(18-10)20-13-4-2-11(3-5-13)6-7-19/h2-5,8-9,19H,6-7H2,1H3,(H3,16,17). The van der Waals surface area contributed by atoms with E-state index in [0.717, 1.165) is 11.3 Å². The molecule has 5 nitrogen and oxygen atoms in total. The van der Waals surface area contributed by atoms with Crippen molar-refractivity contribution in [3.05, 3.63) is 53.2 Å². The van der Waals surface area contributed by atoms with Crippen LogP contribution >= 0.6 is 0 Å². The molecule has 104 valence electrons. The molecule has 0 spiro atoms. The smallest absolute Gasteiger partial charge is 0.220 e. The zero-order valence-electron chi connectivity index (χ0n) is 11.3. The molecule has 2 rings (SSSR count). The number of aromatic nitrogens is 1. The third kappa shape index (κ3) is 3.55. The van der Waals surface area contributed by atoms with Crippen LogP contribution in [0.3, 0.4) is 0 Å². The van der Waals surface area contributed by atoms with Gasteiger partial charge in [-0.1, -0.05) is 12.1 Å². The van der Waals surface area contributed by atoms with Crippen LogP contribution in [0.25, 0.3) is 0 Å². The zero-order valence-corrected chi connectivity index (χ0v) is 11.3. The Bertz CT molecular complexity index is 609. The summed E-state index contributed by atoms with van der Waals surface area (Å²) in [4.78, 5) is 4.26. The van der Waals surface area contributed by atoms with Crippen molar-refractivity contribution in [2.24, 2.45) is 5.73 Å². The molecule has 0 bridgehead atoms. The van der Waals surface area contributed by atoms with Gasteiger partial charge in [-0.25, -0.2) is 4.98 Å². The van der Waals surface area contributed by atoms with E-state index in [-0.39, 0.29) is 12.4 Å². The molecular weight excluding hydrogens is 254 g/mol. The molecule has 20 heavy (non-hydrogen) atoms. The van der Waals surface area contributed by atoms with Crippen molar-refractivity contribution >= 4 is 5.84 Å². The number of pyridine rings is 1. The Labute approximate surface area is 117 Å². The molecule has 0 fully saturated rings. The first kappa shape index (κ1) is 14.0. The van der Waals surface area contributed by atoms with Gasteiger partial charge in [0.15, 0.2) is 0 Å². The molecule has 0 amide bonds. The van der Waals surface area contributed by atoms with Crippen LogP contribution in [-0.2, 0) is 6.42 Å². The molecule has 4 N–H and O–H groups in total. The number of aliphatic hydroxyl groups is 1. The largest absolute Gasteiger partial charge is 0.439 e. The van der Waals surface area contributed by atoms with Crippen molar-refractivity contribution in [1.29, 1.82) is 5.41 Å². The lowest BCUT2D eigenvalue weighted by Crippen LogP contribution is -2.11. The summed E-state index contributed by atoms with van der Waals surface area (Å²) in [5, 5.41) is 16.3. The van der Waals surface area contributed by atoms with Crippen LogP contribution in [0.15, 0.2) is 36.4 Å². The first-order valence-corrected chi connectivity index (χ1v) is 6.29. The predicted molar refractivity (Wildman–Crippen MR) is 77.3 cm³/mol. The zero-order chi connectivity index (χ0) is 14.5. The van der Waals surface area contributed by atoms with Crippen molar-refractivity contribution in [1.82, 2.24) is 4.98 Å². The fourth-order valence-corrected chi connectivity index (χ4v) is 1.82. The van der Waals surface area contributed by atoms with Gasteiger partial charge in [-0.3, -0.25) is 5.41 Å². The Hall–Kier alpha value is -2.40. The number of hydrogen-bond donors (Lipinski definition) is 3. The minimum atomic E-state index is -0.0151. The molecule has 1 heterocycles. The van der Waals surface area contributed by atoms with Crippen LogP contribution in [0.5, 0.6) is 11.6 Å². The lowest BCUT2D eigenvalue weighted by molar-refractivity contribution is 0.299. The van der Waals surface area contributed by atoms with Gasteiger partial charge in [0.25, 0.3) is 0 Å². The Balaban J connectivity index is 2.19. The highest BCUT2D eigenvalue weighted by Crippen LogP contribution is 2.21. The topological polar surface area (TPSA) is 92.2 Å². The molecule has 0 aliphatic rings. The summed E-state index contributed by atoms with van der Waals surface area (Å²) in [6.07, 6.45) is 0.622. The van der Waals surface area contributed by atoms with Crippen molar-refractivity contribution in [2.75, 3.05) is 6.61 Å². The summed E-state index contributed by atoms with van der Waals surface area (Å²) in [6.45, 7) is 1.95. The average Bonchev–Trinajstić information content (AvgIpc) is 2.40. The number of nitrogen functional groups attached to an aromatic ring is 1. The minimum absolute atomic E-state index is 0.0151. The van der Waals surface area contributed by atoms with Gasteiger partial charge in [0.2, 0.25) is 5.88 Å². The quantitative estimate of drug-likeness (QED) is 0.573. The predicted octanol–water partition coefficient (Wildman–Crippen LogP) is 2.00. The van der Waals surface area contributed by atoms with Crippen LogP contribution < -0.4 is 10.5 Å². The monoisotopic (exact) mass is 271 g/mol. The molecule has 0 aliphatic carbocycles. The molecule has 2 aromatic rings. The van der Waals surface area contributed by atoms with Crippen molar-refractivity contribution in [2.45, 2.75) is 13.3 Å². The number of nitrogens with one attached hydrogen (secondary N) is 1. The number of rotatable bonds is 5. The fourth-order valence-electron chi connectivity index (χ4n) is 1.82. The number of amidine groups is 1. The summed E-state index contributed by atoms with van der Waals surface area (Å²) in [6, 6.07) is 10.8. The number of benzene rings is 1. The molecule has 1 aromatic carbocycles. The van der Waals surface area contributed by atoms with Crippen molar-refractivity contribution < 1.29 is 9.84 Å². The fraction of sp³-hybridized carbons (Fsp3) is 0.200. The van der Waals surface area contributed by atoms with Gasteiger partial charge in [-0.2, -0.15) is 0 Å². The van der Waals surface area contributed by atoms with E-state index in [2.05, 4.69) is 4.98 Å². The van der Waals surface area contributed by atoms with Gasteiger partial charge in [-0.05, 0) is 37.1 Å². The maximum atomic E-state index is 8.86. The summed E-state index contributed by atoms with van der Waals surface area (Å²) < 4.78 is 5.66. The third-order valence-corrected chi connectivity index (χ3v) is 2.79. The Morgan fingerprint density at radius 2 is 2.00 bits per heavy atom. The second-order valence-corrected chi connectivity index (χ2v) is 4.47. The second-order valence-electron chi connectivity index (χ2n) is 4.47. The van der Waals surface area contributed by atoms with Crippen molar-refractivity contribution in [3.63, 3.8) is 0 Å². The van der Waals surface area contributed by atoms with E-state index in [1.807, 2.05) is 31.2 Å². The average molecular weight is 271 g/mol. The molecule has 0 saturated heterocycles. The van der Waals surface area contributed by atoms with Gasteiger partial charge in [0.1, 0.15) is 11.6 Å². The number of nitrogens with zero attached hydrogens (tertiary/aromatic N) is 1. The maximum absolute atomic E-state index is 8.86. The van der Waals surface area contributed by atoms with Gasteiger partial charge in [-0.15, -0.1) is 0 Å². The summed E-state index contributed by atoms with van der Waals surface area (Å²) in [5.74, 6) is 1.04. The number of aryl methyl sites for hydroxylation is 1. The van der Waals surface area contributed by atoms with Crippen molar-refractivity contribution in [3.8, 4) is 11.6 Å². The lowest BCUT2D eigenvalue weighted by atomic mass is 10.1. The highest BCUT2D eigenvalue weighted by Gasteiger charge is 2.05. The van der Waals surface area contributed by atoms with E-state index in [1.54, 1.807) is 12.1 Å². The van der Waals surface area contributed by atoms with Crippen LogP contribution in [0.2, 0.25) is 0 Å². The number of nitrogens with two attached hydrogens (primary N) is 1. The molecule has 1 aromatic heterocycles. The lowest BCUT2D eigenvalue weighted by Gasteiger charge is -2.08. The van der Waals surface area contributed by atoms with Gasteiger partial charge < -0.3 is 15.6 Å². The Kier molecular flexibility index (Phi) is 4.32. The van der Waals surface area contributed by atoms with Gasteiger partial charge >= 0.3 is 0 Å². The van der Waals surface area contributed by atoms with E-state index in [0.29, 0.717) is 23.6 Å². The van der Waals surface area contributed by atoms with Crippen LogP contribution in [0.4, 0.5) is 0 Å². The highest BCUT2D eigenvalue weighted by atomic mass is 16.5. The number of hydrogen-bond acceptors (Lipinski definition) is 4. The summed E-state index contributed by atoms with van der Waals surface area (Å²) in [5.41, 5.74) is 7.85. The first-order chi connectivity index (χ1) is 9.58. The van der Waals surface area contributed by atoms with E-state index in [1.165, 1.54) is 0 Å². The van der Waals surface area contributed by atoms with E-state index >= 15 is 0 Å². The highest BCUT2D eigenvalue weighted by molar-refractivity contribution is 5.95. The van der Waals surface area contributed by atoms with E-state index in [9.17, 15) is 0 Å². The Morgan fingerprint density at radius 1 is 1.30 bits per heavy atom. The molecular formula is C15H17N3O2. The molecule has 0 unspecified atom stereocenters. The molecule has 5 heteroatoms. The molecule has 0 aliphatic heterocycles. The Morgan fingerprint density at radius 3 is 2.60 bits per heavy atom.